The van der Waals surface area contributed by atoms with Crippen LogP contribution in [-0.4, -0.2) is 17.5 Å². The van der Waals surface area contributed by atoms with Gasteiger partial charge in [-0.1, -0.05) is 83.9 Å². The predicted molar refractivity (Wildman–Crippen MR) is 148 cm³/mol. The zero-order chi connectivity index (χ0) is 25.1. The highest BCUT2D eigenvalue weighted by molar-refractivity contribution is 6.68. The van der Waals surface area contributed by atoms with Gasteiger partial charge in [0.15, 0.2) is 5.84 Å². The van der Waals surface area contributed by atoms with Crippen LogP contribution in [-0.2, 0) is 4.79 Å². The van der Waals surface area contributed by atoms with Crippen molar-refractivity contribution in [3.05, 3.63) is 131 Å². The number of nitrogens with two attached hydrogens (primary N) is 1. The highest BCUT2D eigenvalue weighted by Gasteiger charge is 2.41. The first-order valence-corrected chi connectivity index (χ1v) is 11.8. The van der Waals surface area contributed by atoms with E-state index in [1.54, 1.807) is 4.90 Å². The predicted octanol–water partition coefficient (Wildman–Crippen LogP) is 6.52. The molecule has 2 N–H and O–H groups in total. The first-order valence-electron chi connectivity index (χ1n) is 11.8. The van der Waals surface area contributed by atoms with E-state index in [1.807, 2.05) is 123 Å². The second-order valence-corrected chi connectivity index (χ2v) is 8.70. The zero-order valence-electron chi connectivity index (χ0n) is 20.2. The first-order chi connectivity index (χ1) is 17.5. The van der Waals surface area contributed by atoms with Gasteiger partial charge < -0.3 is 5.73 Å². The molecule has 1 aliphatic heterocycles. The highest BCUT2D eigenvalue weighted by Crippen LogP contribution is 2.32. The van der Waals surface area contributed by atoms with Gasteiger partial charge >= 0.3 is 0 Å². The van der Waals surface area contributed by atoms with Crippen LogP contribution in [0.4, 0.5) is 17.1 Å². The summed E-state index contributed by atoms with van der Waals surface area (Å²) >= 11 is 0. The van der Waals surface area contributed by atoms with Crippen LogP contribution in [0.25, 0.3) is 5.70 Å². The molecule has 0 atom stereocenters. The Labute approximate surface area is 211 Å². The monoisotopic (exact) mass is 470 g/mol. The van der Waals surface area contributed by atoms with E-state index in [0.29, 0.717) is 34.2 Å². The Bertz CT molecular complexity index is 1480. The molecule has 1 heterocycles. The summed E-state index contributed by atoms with van der Waals surface area (Å²) in [4.78, 5) is 25.5. The number of carbonyl (C=O) groups excluding carboxylic acids is 1. The number of carbonyl (C=O) groups is 1. The Morgan fingerprint density at radius 3 is 1.72 bits per heavy atom. The SMILES string of the molecule is Cc1ccc(N=C2C(=Nc3ccc(C)cc3)N(c3ccccc3)C(=O)/C2=C(/N)c2ccccc2)cc1. The summed E-state index contributed by atoms with van der Waals surface area (Å²) in [7, 11) is 0. The van der Waals surface area contributed by atoms with Crippen molar-refractivity contribution >= 4 is 40.2 Å². The van der Waals surface area contributed by atoms with Crippen LogP contribution in [0.2, 0.25) is 0 Å². The molecule has 0 radical (unpaired) electrons. The van der Waals surface area contributed by atoms with Crippen LogP contribution in [0.3, 0.4) is 0 Å². The van der Waals surface area contributed by atoms with E-state index in [9.17, 15) is 4.79 Å². The lowest BCUT2D eigenvalue weighted by Gasteiger charge is -2.16. The second kappa shape index (κ2) is 9.84. The summed E-state index contributed by atoms with van der Waals surface area (Å²) in [5.74, 6) is 0.170. The fraction of sp³-hybridized carbons (Fsp3) is 0.0645. The minimum Gasteiger partial charge on any atom is -0.398 e. The second-order valence-electron chi connectivity index (χ2n) is 8.70. The third-order valence-electron chi connectivity index (χ3n) is 5.99. The van der Waals surface area contributed by atoms with E-state index in [4.69, 9.17) is 15.7 Å². The van der Waals surface area contributed by atoms with Crippen LogP contribution in [0.1, 0.15) is 16.7 Å². The third kappa shape index (κ3) is 4.59. The summed E-state index contributed by atoms with van der Waals surface area (Å²) < 4.78 is 0. The summed E-state index contributed by atoms with van der Waals surface area (Å²) in [6.07, 6.45) is 0. The summed E-state index contributed by atoms with van der Waals surface area (Å²) in [6.45, 7) is 4.05. The van der Waals surface area contributed by atoms with Crippen LogP contribution in [0.5, 0.6) is 0 Å². The van der Waals surface area contributed by atoms with Crippen molar-refractivity contribution in [2.24, 2.45) is 15.7 Å². The Morgan fingerprint density at radius 1 is 0.667 bits per heavy atom. The maximum absolute atomic E-state index is 14.1. The van der Waals surface area contributed by atoms with Crippen LogP contribution < -0.4 is 10.6 Å². The third-order valence-corrected chi connectivity index (χ3v) is 5.99. The fourth-order valence-electron chi connectivity index (χ4n) is 4.05. The van der Waals surface area contributed by atoms with Crippen molar-refractivity contribution in [1.29, 1.82) is 0 Å². The summed E-state index contributed by atoms with van der Waals surface area (Å²) in [5.41, 5.74) is 12.9. The molecule has 1 aliphatic rings. The van der Waals surface area contributed by atoms with Crippen LogP contribution >= 0.6 is 0 Å². The molecule has 4 aromatic carbocycles. The molecule has 1 amide bonds. The minimum absolute atomic E-state index is 0.265. The van der Waals surface area contributed by atoms with Crippen molar-refractivity contribution in [2.45, 2.75) is 13.8 Å². The van der Waals surface area contributed by atoms with Gasteiger partial charge in [0.25, 0.3) is 5.91 Å². The zero-order valence-corrected chi connectivity index (χ0v) is 20.2. The number of amidine groups is 1. The topological polar surface area (TPSA) is 71.0 Å². The molecule has 36 heavy (non-hydrogen) atoms. The lowest BCUT2D eigenvalue weighted by molar-refractivity contribution is -0.113. The molecule has 5 heteroatoms. The summed E-state index contributed by atoms with van der Waals surface area (Å²) in [5, 5.41) is 0. The van der Waals surface area contributed by atoms with Gasteiger partial charge in [-0.2, -0.15) is 0 Å². The standard InChI is InChI=1S/C31H26N4O/c1-21-13-17-24(18-14-21)33-29-27(28(32)23-9-5-3-6-10-23)31(36)35(26-11-7-4-8-12-26)30(29)34-25-19-15-22(2)16-20-25/h3-20H,32H2,1-2H3/b28-27+,33-29?,34-30?. The summed E-state index contributed by atoms with van der Waals surface area (Å²) in [6, 6.07) is 34.7. The van der Waals surface area contributed by atoms with E-state index in [2.05, 4.69) is 0 Å². The molecule has 0 aliphatic carbocycles. The molecule has 176 valence electrons. The molecule has 0 bridgehead atoms. The van der Waals surface area contributed by atoms with Gasteiger partial charge in [-0.15, -0.1) is 0 Å². The first kappa shape index (κ1) is 23.0. The molecule has 0 saturated carbocycles. The van der Waals surface area contributed by atoms with E-state index in [1.165, 1.54) is 0 Å². The molecule has 0 spiro atoms. The Hall–Kier alpha value is -4.77. The maximum Gasteiger partial charge on any atom is 0.268 e. The van der Waals surface area contributed by atoms with Gasteiger partial charge in [0.1, 0.15) is 5.71 Å². The quantitative estimate of drug-likeness (QED) is 0.345. The van der Waals surface area contributed by atoms with Gasteiger partial charge in [-0.25, -0.2) is 9.98 Å². The highest BCUT2D eigenvalue weighted by atomic mass is 16.2. The van der Waals surface area contributed by atoms with E-state index in [0.717, 1.165) is 22.4 Å². The number of hydrogen-bond donors (Lipinski definition) is 1. The van der Waals surface area contributed by atoms with Gasteiger partial charge in [-0.3, -0.25) is 9.69 Å². The number of aliphatic imine (C=N–C) groups is 2. The largest absolute Gasteiger partial charge is 0.398 e. The van der Waals surface area contributed by atoms with Crippen molar-refractivity contribution in [1.82, 2.24) is 0 Å². The van der Waals surface area contributed by atoms with Crippen molar-refractivity contribution in [2.75, 3.05) is 4.90 Å². The Morgan fingerprint density at radius 2 is 1.17 bits per heavy atom. The molecule has 4 aromatic rings. The van der Waals surface area contributed by atoms with Crippen LogP contribution in [0, 0.1) is 13.8 Å². The van der Waals surface area contributed by atoms with Gasteiger partial charge in [0, 0.05) is 0 Å². The minimum atomic E-state index is -0.265. The molecule has 0 aromatic heterocycles. The average molecular weight is 471 g/mol. The lowest BCUT2D eigenvalue weighted by Crippen LogP contribution is -2.30. The molecule has 5 nitrogen and oxygen atoms in total. The maximum atomic E-state index is 14.1. The number of rotatable bonds is 4. The van der Waals surface area contributed by atoms with Crippen molar-refractivity contribution < 1.29 is 4.79 Å². The van der Waals surface area contributed by atoms with E-state index >= 15 is 0 Å². The number of amides is 1. The van der Waals surface area contributed by atoms with Gasteiger partial charge in [-0.05, 0) is 55.8 Å². The van der Waals surface area contributed by atoms with Crippen molar-refractivity contribution in [3.63, 3.8) is 0 Å². The number of aryl methyl sites for hydroxylation is 2. The number of nitrogens with zero attached hydrogens (tertiary/aromatic N) is 3. The molecular formula is C31H26N4O. The number of hydrogen-bond acceptors (Lipinski definition) is 4. The lowest BCUT2D eigenvalue weighted by atomic mass is 10.0. The average Bonchev–Trinajstić information content (AvgIpc) is 3.17. The van der Waals surface area contributed by atoms with E-state index in [-0.39, 0.29) is 5.91 Å². The normalized spacial score (nSPS) is 17.2. The van der Waals surface area contributed by atoms with Gasteiger partial charge in [0.05, 0.1) is 28.3 Å². The Balaban J connectivity index is 1.79. The molecule has 5 rings (SSSR count). The molecule has 1 fully saturated rings. The smallest absolute Gasteiger partial charge is 0.268 e. The molecule has 0 unspecified atom stereocenters. The van der Waals surface area contributed by atoms with Gasteiger partial charge in [0.2, 0.25) is 0 Å². The fourth-order valence-corrected chi connectivity index (χ4v) is 4.05. The number of anilines is 1. The molecule has 1 saturated heterocycles. The Kier molecular flexibility index (Phi) is 6.29. The van der Waals surface area contributed by atoms with Crippen molar-refractivity contribution in [3.8, 4) is 0 Å². The van der Waals surface area contributed by atoms with E-state index < -0.39 is 0 Å². The van der Waals surface area contributed by atoms with Crippen LogP contribution in [0.15, 0.2) is 125 Å². The molecular weight excluding hydrogens is 444 g/mol. The number of para-hydroxylation sites is 1. The number of benzene rings is 4.